The molecule has 0 radical (unpaired) electrons. The Morgan fingerprint density at radius 2 is 2.12 bits per heavy atom. The Bertz CT molecular complexity index is 428. The number of rotatable bonds is 3. The summed E-state index contributed by atoms with van der Waals surface area (Å²) in [5, 5.41) is 9.10. The van der Waals surface area contributed by atoms with Crippen molar-refractivity contribution in [3.05, 3.63) is 35.9 Å². The molecule has 3 rings (SSSR count). The number of carbonyl (C=O) groups is 1. The van der Waals surface area contributed by atoms with Crippen molar-refractivity contribution in [1.82, 2.24) is 0 Å². The van der Waals surface area contributed by atoms with Crippen LogP contribution in [0.3, 0.4) is 0 Å². The fraction of sp³-hybridized carbons (Fsp3) is 0.500. The first-order valence-electron chi connectivity index (χ1n) is 6.14. The number of hydrogen-bond donors (Lipinski definition) is 1. The molecule has 0 bridgehead atoms. The standard InChI is InChI=1S/C14H16O3/c15-13(16)11-6-7-12-14(9-11,17-12)8-10-4-2-1-3-5-10/h1-5,11-12H,6-9H2,(H,15,16)/t11-,12-,14-/m1/s1. The maximum Gasteiger partial charge on any atom is 0.306 e. The molecule has 0 unspecified atom stereocenters. The molecule has 1 aromatic carbocycles. The average Bonchev–Trinajstić information content (AvgIpc) is 3.03. The van der Waals surface area contributed by atoms with Crippen molar-refractivity contribution in [2.24, 2.45) is 5.92 Å². The number of carboxylic acid groups (broad SMARTS) is 1. The lowest BCUT2D eigenvalue weighted by Gasteiger charge is -2.22. The highest BCUT2D eigenvalue weighted by Gasteiger charge is 2.59. The lowest BCUT2D eigenvalue weighted by Crippen LogP contribution is -2.31. The zero-order valence-corrected chi connectivity index (χ0v) is 9.63. The van der Waals surface area contributed by atoms with Crippen LogP contribution in [0.2, 0.25) is 0 Å². The molecule has 1 saturated heterocycles. The lowest BCUT2D eigenvalue weighted by atomic mass is 9.78. The van der Waals surface area contributed by atoms with E-state index in [0.717, 1.165) is 19.3 Å². The molecule has 1 aliphatic heterocycles. The van der Waals surface area contributed by atoms with Gasteiger partial charge in [-0.2, -0.15) is 0 Å². The minimum atomic E-state index is -0.675. The molecule has 1 saturated carbocycles. The van der Waals surface area contributed by atoms with Crippen molar-refractivity contribution >= 4 is 5.97 Å². The highest BCUT2D eigenvalue weighted by atomic mass is 16.6. The van der Waals surface area contributed by atoms with E-state index in [9.17, 15) is 4.79 Å². The third-order valence-corrected chi connectivity index (χ3v) is 3.97. The normalized spacial score (nSPS) is 35.1. The molecule has 17 heavy (non-hydrogen) atoms. The van der Waals surface area contributed by atoms with E-state index in [0.29, 0.717) is 12.5 Å². The number of aliphatic carboxylic acids is 1. The smallest absolute Gasteiger partial charge is 0.306 e. The molecule has 1 aliphatic carbocycles. The van der Waals surface area contributed by atoms with Crippen LogP contribution < -0.4 is 0 Å². The summed E-state index contributed by atoms with van der Waals surface area (Å²) in [5.41, 5.74) is 1.06. The van der Waals surface area contributed by atoms with E-state index in [4.69, 9.17) is 9.84 Å². The van der Waals surface area contributed by atoms with E-state index in [1.165, 1.54) is 5.56 Å². The Morgan fingerprint density at radius 1 is 1.35 bits per heavy atom. The number of benzene rings is 1. The minimum Gasteiger partial charge on any atom is -0.481 e. The van der Waals surface area contributed by atoms with Crippen molar-refractivity contribution in [2.45, 2.75) is 37.4 Å². The number of carboxylic acids is 1. The second-order valence-corrected chi connectivity index (χ2v) is 5.15. The highest BCUT2D eigenvalue weighted by Crippen LogP contribution is 2.51. The van der Waals surface area contributed by atoms with Crippen LogP contribution in [0, 0.1) is 5.92 Å². The van der Waals surface area contributed by atoms with Crippen LogP contribution in [0.1, 0.15) is 24.8 Å². The molecule has 2 aliphatic rings. The van der Waals surface area contributed by atoms with Gasteiger partial charge in [-0.1, -0.05) is 30.3 Å². The quantitative estimate of drug-likeness (QED) is 0.813. The maximum absolute atomic E-state index is 11.1. The topological polar surface area (TPSA) is 49.8 Å². The number of hydrogen-bond acceptors (Lipinski definition) is 2. The fourth-order valence-corrected chi connectivity index (χ4v) is 3.00. The number of ether oxygens (including phenoxy) is 1. The zero-order chi connectivity index (χ0) is 11.9. The molecule has 1 aromatic rings. The molecule has 0 amide bonds. The summed E-state index contributed by atoms with van der Waals surface area (Å²) in [7, 11) is 0. The Hall–Kier alpha value is -1.35. The molecule has 3 heteroatoms. The van der Waals surface area contributed by atoms with Gasteiger partial charge in [0.15, 0.2) is 0 Å². The summed E-state index contributed by atoms with van der Waals surface area (Å²) in [6.07, 6.45) is 3.46. The van der Waals surface area contributed by atoms with Gasteiger partial charge < -0.3 is 9.84 Å². The van der Waals surface area contributed by atoms with E-state index >= 15 is 0 Å². The Labute approximate surface area is 100 Å². The van der Waals surface area contributed by atoms with Gasteiger partial charge in [0.05, 0.1) is 17.6 Å². The van der Waals surface area contributed by atoms with Crippen molar-refractivity contribution in [1.29, 1.82) is 0 Å². The lowest BCUT2D eigenvalue weighted by molar-refractivity contribution is -0.143. The Balaban J connectivity index is 1.73. The van der Waals surface area contributed by atoms with Crippen LogP contribution in [-0.4, -0.2) is 22.8 Å². The van der Waals surface area contributed by atoms with Crippen molar-refractivity contribution in [3.63, 3.8) is 0 Å². The van der Waals surface area contributed by atoms with Crippen LogP contribution in [0.25, 0.3) is 0 Å². The van der Waals surface area contributed by atoms with Crippen LogP contribution in [0.15, 0.2) is 30.3 Å². The van der Waals surface area contributed by atoms with Crippen LogP contribution in [-0.2, 0) is 16.0 Å². The Kier molecular flexibility index (Phi) is 2.44. The number of epoxide rings is 1. The summed E-state index contributed by atoms with van der Waals surface area (Å²) in [5.74, 6) is -0.899. The van der Waals surface area contributed by atoms with Crippen LogP contribution >= 0.6 is 0 Å². The molecule has 0 aromatic heterocycles. The largest absolute Gasteiger partial charge is 0.481 e. The summed E-state index contributed by atoms with van der Waals surface area (Å²) >= 11 is 0. The van der Waals surface area contributed by atoms with Gasteiger partial charge in [-0.05, 0) is 24.8 Å². The molecule has 0 spiro atoms. The SMILES string of the molecule is O=C(O)[C@@H]1CC[C@H]2O[C@]2(Cc2ccccc2)C1. The van der Waals surface area contributed by atoms with Crippen LogP contribution in [0.4, 0.5) is 0 Å². The first kappa shape index (κ1) is 10.8. The van der Waals surface area contributed by atoms with Crippen molar-refractivity contribution in [2.75, 3.05) is 0 Å². The second-order valence-electron chi connectivity index (χ2n) is 5.15. The van der Waals surface area contributed by atoms with Gasteiger partial charge in [0, 0.05) is 6.42 Å². The van der Waals surface area contributed by atoms with Gasteiger partial charge in [0.1, 0.15) is 0 Å². The summed E-state index contributed by atoms with van der Waals surface area (Å²) in [6.45, 7) is 0. The van der Waals surface area contributed by atoms with E-state index in [2.05, 4.69) is 12.1 Å². The zero-order valence-electron chi connectivity index (χ0n) is 9.63. The van der Waals surface area contributed by atoms with E-state index in [-0.39, 0.29) is 11.5 Å². The number of fused-ring (bicyclic) bond motifs is 1. The molecule has 1 N–H and O–H groups in total. The summed E-state index contributed by atoms with van der Waals surface area (Å²) in [4.78, 5) is 11.1. The molecular formula is C14H16O3. The minimum absolute atomic E-state index is 0.178. The molecule has 1 heterocycles. The van der Waals surface area contributed by atoms with Gasteiger partial charge in [0.2, 0.25) is 0 Å². The van der Waals surface area contributed by atoms with Crippen molar-refractivity contribution < 1.29 is 14.6 Å². The first-order valence-corrected chi connectivity index (χ1v) is 6.14. The fourth-order valence-electron chi connectivity index (χ4n) is 3.00. The second kappa shape index (κ2) is 3.84. The van der Waals surface area contributed by atoms with Crippen LogP contribution in [0.5, 0.6) is 0 Å². The highest BCUT2D eigenvalue weighted by molar-refractivity contribution is 5.70. The molecule has 3 atom stereocenters. The first-order chi connectivity index (χ1) is 8.20. The third-order valence-electron chi connectivity index (χ3n) is 3.97. The average molecular weight is 232 g/mol. The molecular weight excluding hydrogens is 216 g/mol. The van der Waals surface area contributed by atoms with Gasteiger partial charge in [0.25, 0.3) is 0 Å². The summed E-state index contributed by atoms with van der Waals surface area (Å²) in [6, 6.07) is 10.2. The van der Waals surface area contributed by atoms with Gasteiger partial charge in [-0.15, -0.1) is 0 Å². The van der Waals surface area contributed by atoms with Crippen molar-refractivity contribution in [3.8, 4) is 0 Å². The third kappa shape index (κ3) is 1.95. The Morgan fingerprint density at radius 3 is 2.82 bits per heavy atom. The predicted octanol–water partition coefficient (Wildman–Crippen LogP) is 2.25. The summed E-state index contributed by atoms with van der Waals surface area (Å²) < 4.78 is 5.79. The predicted molar refractivity (Wildman–Crippen MR) is 62.7 cm³/mol. The van der Waals surface area contributed by atoms with Gasteiger partial charge >= 0.3 is 5.97 Å². The van der Waals surface area contributed by atoms with Gasteiger partial charge in [-0.25, -0.2) is 0 Å². The molecule has 90 valence electrons. The molecule has 2 fully saturated rings. The monoisotopic (exact) mass is 232 g/mol. The van der Waals surface area contributed by atoms with Gasteiger partial charge in [-0.3, -0.25) is 4.79 Å². The molecule has 3 nitrogen and oxygen atoms in total. The maximum atomic E-state index is 11.1. The van der Waals surface area contributed by atoms with E-state index in [1.807, 2.05) is 18.2 Å². The van der Waals surface area contributed by atoms with E-state index in [1.54, 1.807) is 0 Å². The van der Waals surface area contributed by atoms with E-state index < -0.39 is 5.97 Å².